The lowest BCUT2D eigenvalue weighted by Gasteiger charge is -2.15. The lowest BCUT2D eigenvalue weighted by Crippen LogP contribution is -2.28. The summed E-state index contributed by atoms with van der Waals surface area (Å²) in [5.74, 6) is -0.661. The highest BCUT2D eigenvalue weighted by atomic mass is 19.1. The summed E-state index contributed by atoms with van der Waals surface area (Å²) in [7, 11) is 1.50. The Morgan fingerprint density at radius 2 is 2.41 bits per heavy atom. The third kappa shape index (κ3) is 2.08. The van der Waals surface area contributed by atoms with Crippen LogP contribution in [0.3, 0.4) is 0 Å². The number of aromatic nitrogens is 2. The largest absolute Gasteiger partial charge is 0.370 e. The second-order valence-corrected chi connectivity index (χ2v) is 4.04. The Balaban J connectivity index is 2.43. The number of ether oxygens (including phenoxy) is 1. The van der Waals surface area contributed by atoms with Crippen LogP contribution in [0.5, 0.6) is 0 Å². The fraction of sp³-hybridized carbons (Fsp3) is 0.455. The van der Waals surface area contributed by atoms with E-state index in [2.05, 4.69) is 16.9 Å². The minimum absolute atomic E-state index is 0.0218. The van der Waals surface area contributed by atoms with Crippen molar-refractivity contribution in [3.8, 4) is 0 Å². The number of rotatable bonds is 2. The molecule has 0 saturated carbocycles. The second kappa shape index (κ2) is 4.29. The first-order valence-corrected chi connectivity index (χ1v) is 5.32. The maximum absolute atomic E-state index is 13.5. The number of nitrogens with one attached hydrogen (secondary N) is 1. The van der Waals surface area contributed by atoms with Crippen LogP contribution in [0.15, 0.2) is 23.1 Å². The SMILES string of the molecule is C=C1CC(C)OC1n1cc(F)c(NC)nc1=O. The molecule has 2 atom stereocenters. The van der Waals surface area contributed by atoms with Gasteiger partial charge in [-0.3, -0.25) is 4.57 Å². The van der Waals surface area contributed by atoms with Gasteiger partial charge in [0.2, 0.25) is 0 Å². The molecule has 1 aliphatic rings. The van der Waals surface area contributed by atoms with Gasteiger partial charge in [0.15, 0.2) is 17.9 Å². The van der Waals surface area contributed by atoms with E-state index in [-0.39, 0.29) is 11.9 Å². The zero-order valence-corrected chi connectivity index (χ0v) is 9.74. The van der Waals surface area contributed by atoms with Crippen molar-refractivity contribution in [2.24, 2.45) is 0 Å². The highest BCUT2D eigenvalue weighted by Crippen LogP contribution is 2.31. The molecule has 0 bridgehead atoms. The first-order chi connectivity index (χ1) is 8.02. The van der Waals surface area contributed by atoms with Crippen LogP contribution in [0.4, 0.5) is 10.2 Å². The highest BCUT2D eigenvalue weighted by Gasteiger charge is 2.28. The molecule has 5 nitrogen and oxygen atoms in total. The smallest absolute Gasteiger partial charge is 0.352 e. The average molecular weight is 239 g/mol. The fourth-order valence-corrected chi connectivity index (χ4v) is 1.89. The van der Waals surface area contributed by atoms with E-state index in [1.54, 1.807) is 0 Å². The van der Waals surface area contributed by atoms with Crippen LogP contribution in [0.2, 0.25) is 0 Å². The Bertz CT molecular complexity index is 512. The Morgan fingerprint density at radius 1 is 1.71 bits per heavy atom. The molecule has 1 aromatic heterocycles. The summed E-state index contributed by atoms with van der Waals surface area (Å²) in [6, 6.07) is 0. The molecule has 0 amide bonds. The van der Waals surface area contributed by atoms with Crippen LogP contribution in [-0.4, -0.2) is 22.7 Å². The number of anilines is 1. The van der Waals surface area contributed by atoms with E-state index in [4.69, 9.17) is 4.74 Å². The molecule has 1 aliphatic heterocycles. The Hall–Kier alpha value is -1.69. The molecular weight excluding hydrogens is 225 g/mol. The molecule has 6 heteroatoms. The Kier molecular flexibility index (Phi) is 2.97. The number of hydrogen-bond acceptors (Lipinski definition) is 4. The molecule has 2 heterocycles. The summed E-state index contributed by atoms with van der Waals surface area (Å²) in [5.41, 5.74) is 0.189. The van der Waals surface area contributed by atoms with Gasteiger partial charge in [-0.25, -0.2) is 9.18 Å². The molecule has 1 aromatic rings. The highest BCUT2D eigenvalue weighted by molar-refractivity contribution is 5.33. The van der Waals surface area contributed by atoms with Crippen LogP contribution in [0.1, 0.15) is 19.6 Å². The predicted octanol–water partition coefficient (Wildman–Crippen LogP) is 1.29. The normalized spacial score (nSPS) is 24.1. The van der Waals surface area contributed by atoms with E-state index >= 15 is 0 Å². The van der Waals surface area contributed by atoms with Crippen molar-refractivity contribution in [1.29, 1.82) is 0 Å². The lowest BCUT2D eigenvalue weighted by molar-refractivity contribution is 0.0191. The Morgan fingerprint density at radius 3 is 2.94 bits per heavy atom. The summed E-state index contributed by atoms with van der Waals surface area (Å²) in [5, 5.41) is 2.51. The van der Waals surface area contributed by atoms with Gasteiger partial charge in [0, 0.05) is 7.05 Å². The van der Waals surface area contributed by atoms with Crippen LogP contribution < -0.4 is 11.0 Å². The summed E-state index contributed by atoms with van der Waals surface area (Å²) in [6.45, 7) is 5.70. The summed E-state index contributed by atoms with van der Waals surface area (Å²) in [4.78, 5) is 15.3. The van der Waals surface area contributed by atoms with Gasteiger partial charge in [0.25, 0.3) is 0 Å². The second-order valence-electron chi connectivity index (χ2n) is 4.04. The molecule has 0 spiro atoms. The monoisotopic (exact) mass is 239 g/mol. The minimum Gasteiger partial charge on any atom is -0.370 e. The lowest BCUT2D eigenvalue weighted by atomic mass is 10.2. The van der Waals surface area contributed by atoms with Crippen molar-refractivity contribution in [3.05, 3.63) is 34.7 Å². The van der Waals surface area contributed by atoms with Gasteiger partial charge in [-0.2, -0.15) is 4.98 Å². The molecule has 17 heavy (non-hydrogen) atoms. The molecule has 92 valence electrons. The van der Waals surface area contributed by atoms with Gasteiger partial charge in [-0.05, 0) is 18.9 Å². The van der Waals surface area contributed by atoms with Crippen LogP contribution in [0.25, 0.3) is 0 Å². The maximum Gasteiger partial charge on any atom is 0.352 e. The first-order valence-electron chi connectivity index (χ1n) is 5.32. The van der Waals surface area contributed by atoms with Gasteiger partial charge in [0.05, 0.1) is 12.3 Å². The predicted molar refractivity (Wildman–Crippen MR) is 61.3 cm³/mol. The van der Waals surface area contributed by atoms with Gasteiger partial charge < -0.3 is 10.1 Å². The van der Waals surface area contributed by atoms with Crippen molar-refractivity contribution in [1.82, 2.24) is 9.55 Å². The van der Waals surface area contributed by atoms with Crippen molar-refractivity contribution in [2.45, 2.75) is 25.7 Å². The van der Waals surface area contributed by atoms with Gasteiger partial charge in [-0.15, -0.1) is 0 Å². The fourth-order valence-electron chi connectivity index (χ4n) is 1.89. The maximum atomic E-state index is 13.5. The van der Waals surface area contributed by atoms with Crippen molar-refractivity contribution < 1.29 is 9.13 Å². The third-order valence-electron chi connectivity index (χ3n) is 2.66. The zero-order chi connectivity index (χ0) is 12.6. The van der Waals surface area contributed by atoms with Crippen molar-refractivity contribution in [3.63, 3.8) is 0 Å². The van der Waals surface area contributed by atoms with E-state index in [0.717, 1.165) is 16.3 Å². The molecule has 1 N–H and O–H groups in total. The molecule has 2 unspecified atom stereocenters. The summed E-state index contributed by atoms with van der Waals surface area (Å²) >= 11 is 0. The number of nitrogens with zero attached hydrogens (tertiary/aromatic N) is 2. The molecule has 1 fully saturated rings. The number of hydrogen-bond donors (Lipinski definition) is 1. The van der Waals surface area contributed by atoms with Crippen molar-refractivity contribution >= 4 is 5.82 Å². The van der Waals surface area contributed by atoms with E-state index in [0.29, 0.717) is 6.42 Å². The summed E-state index contributed by atoms with van der Waals surface area (Å²) < 4.78 is 20.2. The van der Waals surface area contributed by atoms with E-state index in [1.165, 1.54) is 7.05 Å². The standard InChI is InChI=1S/C11H14FN3O2/c1-6-4-7(2)17-10(6)15-5-8(12)9(13-3)14-11(15)16/h5,7,10H,1,4H2,2-3H3,(H,13,14,16). The van der Waals surface area contributed by atoms with Crippen molar-refractivity contribution in [2.75, 3.05) is 12.4 Å². The third-order valence-corrected chi connectivity index (χ3v) is 2.66. The molecule has 0 aromatic carbocycles. The quantitative estimate of drug-likeness (QED) is 0.790. The minimum atomic E-state index is -0.620. The van der Waals surface area contributed by atoms with Gasteiger partial charge in [0.1, 0.15) is 0 Å². The van der Waals surface area contributed by atoms with E-state index in [9.17, 15) is 9.18 Å². The molecule has 0 radical (unpaired) electrons. The van der Waals surface area contributed by atoms with E-state index < -0.39 is 17.7 Å². The average Bonchev–Trinajstić information content (AvgIpc) is 2.60. The van der Waals surface area contributed by atoms with Gasteiger partial charge in [-0.1, -0.05) is 6.58 Å². The molecule has 0 aliphatic carbocycles. The topological polar surface area (TPSA) is 56.1 Å². The number of halogens is 1. The van der Waals surface area contributed by atoms with Gasteiger partial charge >= 0.3 is 5.69 Å². The first kappa shape index (κ1) is 11.8. The van der Waals surface area contributed by atoms with Crippen LogP contribution >= 0.6 is 0 Å². The van der Waals surface area contributed by atoms with E-state index in [1.807, 2.05) is 6.92 Å². The van der Waals surface area contributed by atoms with Crippen LogP contribution in [0, 0.1) is 5.82 Å². The molecule has 1 saturated heterocycles. The Labute approximate surface area is 97.9 Å². The van der Waals surface area contributed by atoms with Crippen LogP contribution in [-0.2, 0) is 4.74 Å². The summed E-state index contributed by atoms with van der Waals surface area (Å²) in [6.07, 6.45) is 1.11. The molecular formula is C11H14FN3O2. The molecule has 2 rings (SSSR count). The zero-order valence-electron chi connectivity index (χ0n) is 9.74.